The Bertz CT molecular complexity index is 1020. The number of carbonyl (C=O) groups excluding carboxylic acids is 1. The summed E-state index contributed by atoms with van der Waals surface area (Å²) in [7, 11) is -0.353. The van der Waals surface area contributed by atoms with Gasteiger partial charge in [-0.05, 0) is 30.5 Å². The first kappa shape index (κ1) is 22.0. The van der Waals surface area contributed by atoms with E-state index in [0.717, 1.165) is 11.8 Å². The van der Waals surface area contributed by atoms with Crippen LogP contribution in [-0.2, 0) is 26.7 Å². The lowest BCUT2D eigenvalue weighted by molar-refractivity contribution is -0.135. The van der Waals surface area contributed by atoms with E-state index in [4.69, 9.17) is 9.47 Å². The standard InChI is InChI=1S/C20H25N3O6S/c1-28-16-13-21-18(19(22-16)29-2)20(25)8-10-23(11-9-20)17(24)12-14-4-6-15(7-5-14)30(3,26)27/h4-7,13,25H,8-12H2,1-3H3. The van der Waals surface area contributed by atoms with Crippen molar-refractivity contribution in [3.05, 3.63) is 41.7 Å². The van der Waals surface area contributed by atoms with Gasteiger partial charge in [-0.25, -0.2) is 13.4 Å². The Morgan fingerprint density at radius 2 is 1.80 bits per heavy atom. The summed E-state index contributed by atoms with van der Waals surface area (Å²) in [5, 5.41) is 11.1. The van der Waals surface area contributed by atoms with Crippen LogP contribution in [0.1, 0.15) is 24.1 Å². The summed E-state index contributed by atoms with van der Waals surface area (Å²) in [5.74, 6) is 0.397. The van der Waals surface area contributed by atoms with Gasteiger partial charge in [-0.1, -0.05) is 12.1 Å². The second kappa shape index (κ2) is 8.57. The molecule has 0 aliphatic carbocycles. The number of rotatable bonds is 6. The fourth-order valence-electron chi connectivity index (χ4n) is 3.42. The number of ether oxygens (including phenoxy) is 2. The van der Waals surface area contributed by atoms with Crippen molar-refractivity contribution < 1.29 is 27.8 Å². The lowest BCUT2D eigenvalue weighted by Gasteiger charge is -2.38. The normalized spacial score (nSPS) is 16.2. The monoisotopic (exact) mass is 435 g/mol. The summed E-state index contributed by atoms with van der Waals surface area (Å²) in [5.41, 5.74) is -0.191. The van der Waals surface area contributed by atoms with Crippen molar-refractivity contribution in [2.24, 2.45) is 0 Å². The molecular weight excluding hydrogens is 410 g/mol. The molecule has 1 N–H and O–H groups in total. The van der Waals surface area contributed by atoms with Crippen molar-refractivity contribution in [1.82, 2.24) is 14.9 Å². The van der Waals surface area contributed by atoms with E-state index in [-0.39, 0.29) is 29.0 Å². The molecule has 0 saturated carbocycles. The van der Waals surface area contributed by atoms with Crippen molar-refractivity contribution >= 4 is 15.7 Å². The SMILES string of the molecule is COc1cnc(C2(O)CCN(C(=O)Cc3ccc(S(C)(=O)=O)cc3)CC2)c(OC)n1. The number of amides is 1. The van der Waals surface area contributed by atoms with Gasteiger partial charge in [0.25, 0.3) is 0 Å². The van der Waals surface area contributed by atoms with Crippen LogP contribution in [0.15, 0.2) is 35.4 Å². The predicted molar refractivity (Wildman–Crippen MR) is 108 cm³/mol. The van der Waals surface area contributed by atoms with Crippen molar-refractivity contribution in [3.63, 3.8) is 0 Å². The number of methoxy groups -OCH3 is 2. The molecule has 1 saturated heterocycles. The minimum absolute atomic E-state index is 0.0862. The smallest absolute Gasteiger partial charge is 0.241 e. The first-order valence-corrected chi connectivity index (χ1v) is 11.3. The Morgan fingerprint density at radius 1 is 1.17 bits per heavy atom. The Hall–Kier alpha value is -2.72. The first-order valence-electron chi connectivity index (χ1n) is 9.41. The third-order valence-electron chi connectivity index (χ3n) is 5.21. The molecule has 10 heteroatoms. The van der Waals surface area contributed by atoms with Gasteiger partial charge in [0, 0.05) is 19.3 Å². The topological polar surface area (TPSA) is 119 Å². The number of sulfone groups is 1. The minimum atomic E-state index is -3.27. The Balaban J connectivity index is 1.65. The van der Waals surface area contributed by atoms with Gasteiger partial charge in [0.1, 0.15) is 11.3 Å². The molecular formula is C20H25N3O6S. The highest BCUT2D eigenvalue weighted by molar-refractivity contribution is 7.90. The number of hydrogen-bond donors (Lipinski definition) is 1. The lowest BCUT2D eigenvalue weighted by Crippen LogP contribution is -2.46. The third-order valence-corrected chi connectivity index (χ3v) is 6.34. The number of aromatic nitrogens is 2. The van der Waals surface area contributed by atoms with Crippen molar-refractivity contribution in [2.75, 3.05) is 33.6 Å². The molecule has 3 rings (SSSR count). The Morgan fingerprint density at radius 3 is 2.33 bits per heavy atom. The summed E-state index contributed by atoms with van der Waals surface area (Å²) in [6.45, 7) is 0.710. The van der Waals surface area contributed by atoms with Crippen molar-refractivity contribution in [2.45, 2.75) is 29.8 Å². The number of likely N-dealkylation sites (tertiary alicyclic amines) is 1. The van der Waals surface area contributed by atoms with Crippen LogP contribution in [0.5, 0.6) is 11.8 Å². The molecule has 0 bridgehead atoms. The highest BCUT2D eigenvalue weighted by Crippen LogP contribution is 2.36. The molecule has 0 radical (unpaired) electrons. The molecule has 2 aromatic rings. The molecule has 0 unspecified atom stereocenters. The second-order valence-electron chi connectivity index (χ2n) is 7.28. The number of aliphatic hydroxyl groups is 1. The van der Waals surface area contributed by atoms with Gasteiger partial charge in [0.15, 0.2) is 9.84 Å². The van der Waals surface area contributed by atoms with Gasteiger partial charge >= 0.3 is 0 Å². The maximum absolute atomic E-state index is 12.7. The maximum Gasteiger partial charge on any atom is 0.241 e. The van der Waals surface area contributed by atoms with E-state index in [2.05, 4.69) is 9.97 Å². The predicted octanol–water partition coefficient (Wildman–Crippen LogP) is 0.950. The quantitative estimate of drug-likeness (QED) is 0.712. The summed E-state index contributed by atoms with van der Waals surface area (Å²) in [6.07, 6.45) is 3.32. The zero-order valence-corrected chi connectivity index (χ0v) is 18.0. The zero-order chi connectivity index (χ0) is 21.9. The highest BCUT2D eigenvalue weighted by Gasteiger charge is 2.39. The molecule has 1 amide bonds. The number of hydrogen-bond acceptors (Lipinski definition) is 8. The van der Waals surface area contributed by atoms with Crippen LogP contribution in [-0.4, -0.2) is 67.9 Å². The molecule has 1 aromatic heterocycles. The summed E-state index contributed by atoms with van der Waals surface area (Å²) in [6, 6.07) is 6.29. The zero-order valence-electron chi connectivity index (χ0n) is 17.2. The molecule has 1 aromatic carbocycles. The minimum Gasteiger partial charge on any atom is -0.480 e. The van der Waals surface area contributed by atoms with E-state index in [1.54, 1.807) is 17.0 Å². The van der Waals surface area contributed by atoms with E-state index in [9.17, 15) is 18.3 Å². The van der Waals surface area contributed by atoms with Gasteiger partial charge in [-0.3, -0.25) is 4.79 Å². The summed E-state index contributed by atoms with van der Waals surface area (Å²) in [4.78, 5) is 23.0. The van der Waals surface area contributed by atoms with Crippen LogP contribution in [0.3, 0.4) is 0 Å². The molecule has 0 atom stereocenters. The molecule has 30 heavy (non-hydrogen) atoms. The van der Waals surface area contributed by atoms with Crippen LogP contribution >= 0.6 is 0 Å². The van der Waals surface area contributed by atoms with Gasteiger partial charge in [0.2, 0.25) is 17.7 Å². The number of benzene rings is 1. The molecule has 1 aliphatic rings. The van der Waals surface area contributed by atoms with Crippen LogP contribution in [0.2, 0.25) is 0 Å². The Labute approximate surface area is 175 Å². The van der Waals surface area contributed by atoms with Gasteiger partial charge in [-0.2, -0.15) is 4.98 Å². The van der Waals surface area contributed by atoms with Crippen LogP contribution < -0.4 is 9.47 Å². The Kier molecular flexibility index (Phi) is 6.27. The molecule has 1 fully saturated rings. The lowest BCUT2D eigenvalue weighted by atomic mass is 9.87. The van der Waals surface area contributed by atoms with E-state index in [1.165, 1.54) is 32.5 Å². The van der Waals surface area contributed by atoms with E-state index in [1.807, 2.05) is 0 Å². The van der Waals surface area contributed by atoms with Crippen LogP contribution in [0, 0.1) is 0 Å². The first-order chi connectivity index (χ1) is 14.2. The van der Waals surface area contributed by atoms with Gasteiger partial charge in [-0.15, -0.1) is 0 Å². The summed E-state index contributed by atoms with van der Waals surface area (Å²) < 4.78 is 33.4. The summed E-state index contributed by atoms with van der Waals surface area (Å²) >= 11 is 0. The average Bonchev–Trinajstić information content (AvgIpc) is 2.73. The van der Waals surface area contributed by atoms with E-state index in [0.29, 0.717) is 31.6 Å². The third kappa shape index (κ3) is 4.71. The van der Waals surface area contributed by atoms with Gasteiger partial charge < -0.3 is 19.5 Å². The number of carbonyl (C=O) groups is 1. The molecule has 1 aliphatic heterocycles. The molecule has 2 heterocycles. The molecule has 162 valence electrons. The second-order valence-corrected chi connectivity index (χ2v) is 9.29. The van der Waals surface area contributed by atoms with Crippen LogP contribution in [0.4, 0.5) is 0 Å². The van der Waals surface area contributed by atoms with E-state index >= 15 is 0 Å². The number of piperidine rings is 1. The van der Waals surface area contributed by atoms with Crippen molar-refractivity contribution in [3.8, 4) is 11.8 Å². The molecule has 9 nitrogen and oxygen atoms in total. The fourth-order valence-corrected chi connectivity index (χ4v) is 4.05. The van der Waals surface area contributed by atoms with E-state index < -0.39 is 15.4 Å². The van der Waals surface area contributed by atoms with Gasteiger partial charge in [0.05, 0.1) is 31.7 Å². The number of nitrogens with zero attached hydrogens (tertiary/aromatic N) is 3. The maximum atomic E-state index is 12.7. The average molecular weight is 436 g/mol. The molecule has 0 spiro atoms. The largest absolute Gasteiger partial charge is 0.480 e. The van der Waals surface area contributed by atoms with Crippen LogP contribution in [0.25, 0.3) is 0 Å². The van der Waals surface area contributed by atoms with Crippen molar-refractivity contribution in [1.29, 1.82) is 0 Å². The fraction of sp³-hybridized carbons (Fsp3) is 0.450. The highest BCUT2D eigenvalue weighted by atomic mass is 32.2.